The number of aromatic nitrogens is 2. The summed E-state index contributed by atoms with van der Waals surface area (Å²) in [5.74, 6) is 0.864. The van der Waals surface area contributed by atoms with E-state index in [1.807, 2.05) is 31.2 Å². The van der Waals surface area contributed by atoms with Crippen LogP contribution in [0.25, 0.3) is 0 Å². The lowest BCUT2D eigenvalue weighted by molar-refractivity contribution is 0.159. The molecule has 1 aliphatic heterocycles. The molecule has 26 heavy (non-hydrogen) atoms. The van der Waals surface area contributed by atoms with Crippen LogP contribution in [0, 0.1) is 20.8 Å². The van der Waals surface area contributed by atoms with Gasteiger partial charge in [-0.2, -0.15) is 9.40 Å². The second-order valence-corrected chi connectivity index (χ2v) is 8.55. The van der Waals surface area contributed by atoms with Crippen molar-refractivity contribution in [3.8, 4) is 5.75 Å². The van der Waals surface area contributed by atoms with E-state index in [1.54, 1.807) is 18.2 Å². The van der Waals surface area contributed by atoms with E-state index in [4.69, 9.17) is 4.74 Å². The Bertz CT molecular complexity index is 818. The van der Waals surface area contributed by atoms with Crippen LogP contribution in [0.15, 0.2) is 29.2 Å². The van der Waals surface area contributed by atoms with E-state index in [0.29, 0.717) is 49.1 Å². The fourth-order valence-corrected chi connectivity index (χ4v) is 4.92. The number of piperazine rings is 1. The summed E-state index contributed by atoms with van der Waals surface area (Å²) in [6.07, 6.45) is 0. The Morgan fingerprint density at radius 1 is 1.08 bits per heavy atom. The van der Waals surface area contributed by atoms with E-state index in [-0.39, 0.29) is 0 Å². The number of nitrogens with one attached hydrogen (secondary N) is 1. The van der Waals surface area contributed by atoms with E-state index < -0.39 is 10.0 Å². The molecule has 0 unspecified atom stereocenters. The third-order valence-electron chi connectivity index (χ3n) is 4.69. The lowest BCUT2D eigenvalue weighted by Gasteiger charge is -2.33. The standard InChI is InChI=1S/C18H26N4O3S/c1-14-4-6-17(7-5-14)25-13-12-21-8-10-22(11-9-21)26(23,24)18-15(2)19-20-16(18)3/h4-7H,8-13H2,1-3H3,(H,19,20). The summed E-state index contributed by atoms with van der Waals surface area (Å²) in [7, 11) is -3.49. The van der Waals surface area contributed by atoms with Gasteiger partial charge in [-0.15, -0.1) is 0 Å². The van der Waals surface area contributed by atoms with Crippen molar-refractivity contribution in [2.24, 2.45) is 0 Å². The summed E-state index contributed by atoms with van der Waals surface area (Å²) >= 11 is 0. The molecule has 1 aromatic heterocycles. The van der Waals surface area contributed by atoms with Crippen molar-refractivity contribution in [2.45, 2.75) is 25.7 Å². The van der Waals surface area contributed by atoms with Crippen LogP contribution >= 0.6 is 0 Å². The molecule has 0 bridgehead atoms. The number of benzene rings is 1. The van der Waals surface area contributed by atoms with Crippen molar-refractivity contribution in [3.05, 3.63) is 41.2 Å². The van der Waals surface area contributed by atoms with E-state index in [0.717, 1.165) is 12.3 Å². The topological polar surface area (TPSA) is 78.5 Å². The Morgan fingerprint density at radius 2 is 1.73 bits per heavy atom. The summed E-state index contributed by atoms with van der Waals surface area (Å²) in [6, 6.07) is 7.99. The van der Waals surface area contributed by atoms with Gasteiger partial charge in [-0.3, -0.25) is 10.00 Å². The Kier molecular flexibility index (Phi) is 5.64. The number of H-pyrrole nitrogens is 1. The number of hydrogen-bond acceptors (Lipinski definition) is 5. The molecule has 1 fully saturated rings. The van der Waals surface area contributed by atoms with Gasteiger partial charge in [-0.05, 0) is 32.9 Å². The van der Waals surface area contributed by atoms with Crippen molar-refractivity contribution < 1.29 is 13.2 Å². The van der Waals surface area contributed by atoms with Crippen LogP contribution in [0.1, 0.15) is 17.0 Å². The van der Waals surface area contributed by atoms with Gasteiger partial charge in [-0.25, -0.2) is 8.42 Å². The summed E-state index contributed by atoms with van der Waals surface area (Å²) in [5, 5.41) is 6.76. The van der Waals surface area contributed by atoms with E-state index in [1.165, 1.54) is 5.56 Å². The number of rotatable bonds is 6. The molecule has 0 aliphatic carbocycles. The average Bonchev–Trinajstić information content (AvgIpc) is 2.96. The summed E-state index contributed by atoms with van der Waals surface area (Å²) in [5.41, 5.74) is 2.32. The first-order valence-corrected chi connectivity index (χ1v) is 10.3. The second-order valence-electron chi connectivity index (χ2n) is 6.67. The number of aromatic amines is 1. The minimum absolute atomic E-state index is 0.314. The molecule has 8 heteroatoms. The zero-order valence-electron chi connectivity index (χ0n) is 15.5. The molecule has 1 aromatic carbocycles. The maximum absolute atomic E-state index is 12.8. The van der Waals surface area contributed by atoms with Gasteiger partial charge in [0, 0.05) is 32.7 Å². The molecule has 3 rings (SSSR count). The highest BCUT2D eigenvalue weighted by Crippen LogP contribution is 2.22. The van der Waals surface area contributed by atoms with Gasteiger partial charge < -0.3 is 4.74 Å². The highest BCUT2D eigenvalue weighted by atomic mass is 32.2. The van der Waals surface area contributed by atoms with Crippen molar-refractivity contribution >= 4 is 10.0 Å². The van der Waals surface area contributed by atoms with Gasteiger partial charge in [0.15, 0.2) is 0 Å². The van der Waals surface area contributed by atoms with Gasteiger partial charge in [0.05, 0.1) is 11.4 Å². The largest absolute Gasteiger partial charge is 0.492 e. The molecule has 1 saturated heterocycles. The Labute approximate surface area is 155 Å². The van der Waals surface area contributed by atoms with Crippen LogP contribution in [-0.4, -0.2) is 67.2 Å². The number of aryl methyl sites for hydroxylation is 3. The highest BCUT2D eigenvalue weighted by molar-refractivity contribution is 7.89. The molecular weight excluding hydrogens is 352 g/mol. The second kappa shape index (κ2) is 7.77. The van der Waals surface area contributed by atoms with Gasteiger partial charge in [0.25, 0.3) is 0 Å². The summed E-state index contributed by atoms with van der Waals surface area (Å²) in [4.78, 5) is 2.55. The van der Waals surface area contributed by atoms with Crippen molar-refractivity contribution in [1.82, 2.24) is 19.4 Å². The molecule has 0 radical (unpaired) electrons. The van der Waals surface area contributed by atoms with E-state index in [9.17, 15) is 8.42 Å². The lowest BCUT2D eigenvalue weighted by Crippen LogP contribution is -2.49. The zero-order valence-corrected chi connectivity index (χ0v) is 16.3. The first kappa shape index (κ1) is 18.9. The van der Waals surface area contributed by atoms with Crippen LogP contribution < -0.4 is 4.74 Å². The SMILES string of the molecule is Cc1ccc(OCCN2CCN(S(=O)(=O)c3c(C)n[nH]c3C)CC2)cc1. The van der Waals surface area contributed by atoms with Crippen LogP contribution in [0.2, 0.25) is 0 Å². The normalized spacial score (nSPS) is 16.7. The lowest BCUT2D eigenvalue weighted by atomic mass is 10.2. The van der Waals surface area contributed by atoms with Crippen molar-refractivity contribution in [2.75, 3.05) is 39.3 Å². The minimum atomic E-state index is -3.49. The molecule has 1 aliphatic rings. The first-order valence-electron chi connectivity index (χ1n) is 8.81. The summed E-state index contributed by atoms with van der Waals surface area (Å²) in [6.45, 7) is 9.25. The molecule has 0 amide bonds. The van der Waals surface area contributed by atoms with Crippen LogP contribution in [-0.2, 0) is 10.0 Å². The van der Waals surface area contributed by atoms with Crippen molar-refractivity contribution in [1.29, 1.82) is 0 Å². The molecule has 0 atom stereocenters. The third-order valence-corrected chi connectivity index (χ3v) is 6.85. The zero-order chi connectivity index (χ0) is 18.7. The van der Waals surface area contributed by atoms with Crippen LogP contribution in [0.3, 0.4) is 0 Å². The molecule has 0 saturated carbocycles. The number of sulfonamides is 1. The Balaban J connectivity index is 1.50. The molecule has 2 aromatic rings. The molecule has 7 nitrogen and oxygen atoms in total. The molecular formula is C18H26N4O3S. The predicted octanol–water partition coefficient (Wildman–Crippen LogP) is 1.72. The minimum Gasteiger partial charge on any atom is -0.492 e. The van der Waals surface area contributed by atoms with Crippen LogP contribution in [0.4, 0.5) is 0 Å². The third kappa shape index (κ3) is 4.08. The number of hydrogen-bond donors (Lipinski definition) is 1. The number of nitrogens with zero attached hydrogens (tertiary/aromatic N) is 3. The quantitative estimate of drug-likeness (QED) is 0.828. The Hall–Kier alpha value is -1.90. The van der Waals surface area contributed by atoms with Gasteiger partial charge in [0.2, 0.25) is 10.0 Å². The van der Waals surface area contributed by atoms with Crippen LogP contribution in [0.5, 0.6) is 5.75 Å². The summed E-state index contributed by atoms with van der Waals surface area (Å²) < 4.78 is 33.0. The maximum atomic E-state index is 12.8. The molecule has 0 spiro atoms. The predicted molar refractivity (Wildman–Crippen MR) is 99.9 cm³/mol. The maximum Gasteiger partial charge on any atom is 0.246 e. The van der Waals surface area contributed by atoms with Gasteiger partial charge in [-0.1, -0.05) is 17.7 Å². The average molecular weight is 378 g/mol. The van der Waals surface area contributed by atoms with Gasteiger partial charge >= 0.3 is 0 Å². The highest BCUT2D eigenvalue weighted by Gasteiger charge is 2.32. The van der Waals surface area contributed by atoms with E-state index >= 15 is 0 Å². The molecule has 1 N–H and O–H groups in total. The Morgan fingerprint density at radius 3 is 2.31 bits per heavy atom. The number of ether oxygens (including phenoxy) is 1. The monoisotopic (exact) mass is 378 g/mol. The molecule has 2 heterocycles. The molecule has 142 valence electrons. The fourth-order valence-electron chi connectivity index (χ4n) is 3.17. The smallest absolute Gasteiger partial charge is 0.246 e. The fraction of sp³-hybridized carbons (Fsp3) is 0.500. The van der Waals surface area contributed by atoms with Gasteiger partial charge in [0.1, 0.15) is 17.3 Å². The van der Waals surface area contributed by atoms with E-state index in [2.05, 4.69) is 15.1 Å². The van der Waals surface area contributed by atoms with Crippen molar-refractivity contribution in [3.63, 3.8) is 0 Å². The first-order chi connectivity index (χ1) is 12.4.